The van der Waals surface area contributed by atoms with Gasteiger partial charge in [0.1, 0.15) is 5.82 Å². The first-order valence-corrected chi connectivity index (χ1v) is 5.90. The molecule has 0 aliphatic carbocycles. The van der Waals surface area contributed by atoms with Crippen LogP contribution in [-0.2, 0) is 0 Å². The van der Waals surface area contributed by atoms with Crippen LogP contribution in [0.1, 0.15) is 13.8 Å². The third kappa shape index (κ3) is 2.22. The normalized spacial score (nSPS) is 19.9. The molecule has 1 saturated heterocycles. The van der Waals surface area contributed by atoms with Gasteiger partial charge in [0.25, 0.3) is 0 Å². The van der Waals surface area contributed by atoms with Gasteiger partial charge in [-0.2, -0.15) is 0 Å². The third-order valence-electron chi connectivity index (χ3n) is 2.95. The fraction of sp³-hybridized carbons (Fsp3) is 0.417. The summed E-state index contributed by atoms with van der Waals surface area (Å²) >= 11 is 6.02. The molecule has 1 aromatic rings. The summed E-state index contributed by atoms with van der Waals surface area (Å²) in [4.78, 5) is 13.3. The zero-order chi connectivity index (χ0) is 12.6. The van der Waals surface area contributed by atoms with Crippen LogP contribution in [-0.4, -0.2) is 18.6 Å². The summed E-state index contributed by atoms with van der Waals surface area (Å²) in [6, 6.07) is 3.82. The summed E-state index contributed by atoms with van der Waals surface area (Å²) < 4.78 is 13.2. The average molecular weight is 257 g/mol. The van der Waals surface area contributed by atoms with Crippen molar-refractivity contribution in [2.75, 3.05) is 11.4 Å². The van der Waals surface area contributed by atoms with Gasteiger partial charge in [0, 0.05) is 6.54 Å². The van der Waals surface area contributed by atoms with Crippen LogP contribution < -0.4 is 10.2 Å². The van der Waals surface area contributed by atoms with Gasteiger partial charge in [0.05, 0.1) is 16.8 Å². The fourth-order valence-electron chi connectivity index (χ4n) is 2.01. The summed E-state index contributed by atoms with van der Waals surface area (Å²) in [5, 5.41) is 3.14. The molecule has 2 rings (SSSR count). The number of nitrogens with one attached hydrogen (secondary N) is 1. The van der Waals surface area contributed by atoms with Crippen molar-refractivity contribution in [2.45, 2.75) is 19.9 Å². The lowest BCUT2D eigenvalue weighted by atomic mass is 10.0. The van der Waals surface area contributed by atoms with E-state index in [-0.39, 0.29) is 18.0 Å². The predicted octanol–water partition coefficient (Wildman–Crippen LogP) is 3.03. The quantitative estimate of drug-likeness (QED) is 0.867. The Morgan fingerprint density at radius 1 is 1.53 bits per heavy atom. The van der Waals surface area contributed by atoms with Gasteiger partial charge in [-0.3, -0.25) is 4.90 Å². The number of halogens is 2. The molecule has 92 valence electrons. The van der Waals surface area contributed by atoms with Crippen LogP contribution in [0.3, 0.4) is 0 Å². The number of benzene rings is 1. The van der Waals surface area contributed by atoms with E-state index in [9.17, 15) is 9.18 Å². The Labute approximate surface area is 105 Å². The number of nitrogens with zero attached hydrogens (tertiary/aromatic N) is 1. The first-order valence-electron chi connectivity index (χ1n) is 5.53. The molecular weight excluding hydrogens is 243 g/mol. The lowest BCUT2D eigenvalue weighted by Crippen LogP contribution is -2.37. The monoisotopic (exact) mass is 256 g/mol. The van der Waals surface area contributed by atoms with E-state index >= 15 is 0 Å². The molecule has 1 aromatic carbocycles. The number of carbonyl (C=O) groups excluding carboxylic acids is 1. The van der Waals surface area contributed by atoms with E-state index < -0.39 is 5.82 Å². The molecule has 1 aliphatic rings. The molecule has 0 spiro atoms. The van der Waals surface area contributed by atoms with Crippen molar-refractivity contribution in [1.82, 2.24) is 5.32 Å². The van der Waals surface area contributed by atoms with Crippen LogP contribution in [0.15, 0.2) is 18.2 Å². The Kier molecular flexibility index (Phi) is 3.24. The van der Waals surface area contributed by atoms with Crippen molar-refractivity contribution in [1.29, 1.82) is 0 Å². The Morgan fingerprint density at radius 2 is 2.24 bits per heavy atom. The molecule has 0 bridgehead atoms. The maximum Gasteiger partial charge on any atom is 0.322 e. The number of amides is 2. The standard InChI is InChI=1S/C12H14ClFN2O/c1-7(2)11-6-15-12(17)16(11)10-5-8(14)3-4-9(10)13/h3-5,7,11H,6H2,1-2H3,(H,15,17). The minimum Gasteiger partial charge on any atom is -0.336 e. The average Bonchev–Trinajstić information content (AvgIpc) is 2.64. The number of carbonyl (C=O) groups is 1. The van der Waals surface area contributed by atoms with E-state index in [2.05, 4.69) is 5.32 Å². The summed E-state index contributed by atoms with van der Waals surface area (Å²) in [6.45, 7) is 4.60. The molecule has 1 fully saturated rings. The zero-order valence-corrected chi connectivity index (χ0v) is 10.5. The van der Waals surface area contributed by atoms with Gasteiger partial charge in [-0.25, -0.2) is 9.18 Å². The summed E-state index contributed by atoms with van der Waals surface area (Å²) in [6.07, 6.45) is 0. The molecule has 1 N–H and O–H groups in total. The first-order chi connectivity index (χ1) is 8.00. The fourth-order valence-corrected chi connectivity index (χ4v) is 2.22. The van der Waals surface area contributed by atoms with Crippen LogP contribution in [0.5, 0.6) is 0 Å². The van der Waals surface area contributed by atoms with Crippen LogP contribution in [0.2, 0.25) is 5.02 Å². The van der Waals surface area contributed by atoms with E-state index in [0.717, 1.165) is 0 Å². The number of anilines is 1. The van der Waals surface area contributed by atoms with E-state index in [1.54, 1.807) is 0 Å². The third-order valence-corrected chi connectivity index (χ3v) is 3.27. The van der Waals surface area contributed by atoms with Crippen molar-refractivity contribution in [3.8, 4) is 0 Å². The molecule has 17 heavy (non-hydrogen) atoms. The van der Waals surface area contributed by atoms with Gasteiger partial charge in [0.15, 0.2) is 0 Å². The number of rotatable bonds is 2. The van der Waals surface area contributed by atoms with Crippen LogP contribution in [0.4, 0.5) is 14.9 Å². The molecule has 0 aromatic heterocycles. The van der Waals surface area contributed by atoms with Crippen molar-refractivity contribution in [3.63, 3.8) is 0 Å². The Hall–Kier alpha value is -1.29. The molecule has 2 amide bonds. The minimum absolute atomic E-state index is 0.00167. The molecular formula is C12H14ClFN2O. The van der Waals surface area contributed by atoms with Crippen molar-refractivity contribution in [3.05, 3.63) is 29.0 Å². The molecule has 3 nitrogen and oxygen atoms in total. The largest absolute Gasteiger partial charge is 0.336 e. The van der Waals surface area contributed by atoms with Gasteiger partial charge < -0.3 is 5.32 Å². The van der Waals surface area contributed by atoms with E-state index in [1.807, 2.05) is 13.8 Å². The Morgan fingerprint density at radius 3 is 2.88 bits per heavy atom. The highest BCUT2D eigenvalue weighted by molar-refractivity contribution is 6.33. The summed E-state index contributed by atoms with van der Waals surface area (Å²) in [5.41, 5.74) is 0.431. The molecule has 1 unspecified atom stereocenters. The Balaban J connectivity index is 2.42. The van der Waals surface area contributed by atoms with Crippen LogP contribution in [0, 0.1) is 11.7 Å². The van der Waals surface area contributed by atoms with E-state index in [1.165, 1.54) is 23.1 Å². The van der Waals surface area contributed by atoms with Gasteiger partial charge in [0.2, 0.25) is 0 Å². The number of urea groups is 1. The number of hydrogen-bond acceptors (Lipinski definition) is 1. The molecule has 1 aliphatic heterocycles. The molecule has 1 heterocycles. The Bertz CT molecular complexity index is 450. The van der Waals surface area contributed by atoms with Crippen molar-refractivity contribution >= 4 is 23.3 Å². The lowest BCUT2D eigenvalue weighted by Gasteiger charge is -2.26. The smallest absolute Gasteiger partial charge is 0.322 e. The van der Waals surface area contributed by atoms with Crippen LogP contribution in [0.25, 0.3) is 0 Å². The number of hydrogen-bond donors (Lipinski definition) is 1. The first kappa shape index (κ1) is 12.2. The van der Waals surface area contributed by atoms with Gasteiger partial charge >= 0.3 is 6.03 Å². The highest BCUT2D eigenvalue weighted by Crippen LogP contribution is 2.31. The van der Waals surface area contributed by atoms with Crippen molar-refractivity contribution in [2.24, 2.45) is 5.92 Å². The molecule has 5 heteroatoms. The summed E-state index contributed by atoms with van der Waals surface area (Å²) in [7, 11) is 0. The SMILES string of the molecule is CC(C)C1CNC(=O)N1c1cc(F)ccc1Cl. The highest BCUT2D eigenvalue weighted by Gasteiger charge is 2.35. The predicted molar refractivity (Wildman–Crippen MR) is 65.9 cm³/mol. The van der Waals surface area contributed by atoms with Crippen LogP contribution >= 0.6 is 11.6 Å². The molecule has 0 radical (unpaired) electrons. The maximum absolute atomic E-state index is 13.2. The lowest BCUT2D eigenvalue weighted by molar-refractivity contribution is 0.251. The summed E-state index contributed by atoms with van der Waals surface area (Å²) in [5.74, 6) is -0.125. The van der Waals surface area contributed by atoms with E-state index in [4.69, 9.17) is 11.6 Å². The second-order valence-corrected chi connectivity index (χ2v) is 4.87. The van der Waals surface area contributed by atoms with Gasteiger partial charge in [-0.15, -0.1) is 0 Å². The van der Waals surface area contributed by atoms with Gasteiger partial charge in [-0.1, -0.05) is 25.4 Å². The topological polar surface area (TPSA) is 32.3 Å². The molecule has 1 atom stereocenters. The van der Waals surface area contributed by atoms with Gasteiger partial charge in [-0.05, 0) is 24.1 Å². The zero-order valence-electron chi connectivity index (χ0n) is 9.71. The maximum atomic E-state index is 13.2. The van der Waals surface area contributed by atoms with Crippen molar-refractivity contribution < 1.29 is 9.18 Å². The second kappa shape index (κ2) is 4.53. The highest BCUT2D eigenvalue weighted by atomic mass is 35.5. The minimum atomic E-state index is -0.397. The van der Waals surface area contributed by atoms with E-state index in [0.29, 0.717) is 17.3 Å². The molecule has 0 saturated carbocycles. The second-order valence-electron chi connectivity index (χ2n) is 4.46.